The van der Waals surface area contributed by atoms with Gasteiger partial charge in [-0.25, -0.2) is 0 Å². The number of hydrogen-bond acceptors (Lipinski definition) is 4. The zero-order valence-electron chi connectivity index (χ0n) is 11.3. The average molecular weight is 263 g/mol. The van der Waals surface area contributed by atoms with Crippen molar-refractivity contribution in [1.29, 1.82) is 0 Å². The highest BCUT2D eigenvalue weighted by molar-refractivity contribution is 5.67. The number of likely N-dealkylation sites (N-methyl/N-ethyl adjacent to an activating group) is 1. The van der Waals surface area contributed by atoms with Crippen LogP contribution in [0, 0.1) is 0 Å². The van der Waals surface area contributed by atoms with Crippen molar-refractivity contribution in [3.05, 3.63) is 30.1 Å². The zero-order chi connectivity index (χ0) is 13.7. The molecule has 104 valence electrons. The standard InChI is InChI=1S/C14H21N3O2/c1-16-7-2-8-17(11-13(16)9-14(18)19)10-12-3-5-15-6-4-12/h3-6,13H,2,7-11H2,1H3,(H,18,19). The van der Waals surface area contributed by atoms with Crippen LogP contribution < -0.4 is 0 Å². The number of rotatable bonds is 4. The minimum absolute atomic E-state index is 0.0989. The zero-order valence-corrected chi connectivity index (χ0v) is 11.3. The fraction of sp³-hybridized carbons (Fsp3) is 0.571. The summed E-state index contributed by atoms with van der Waals surface area (Å²) in [4.78, 5) is 19.5. The molecule has 1 saturated heterocycles. The molecule has 1 aliphatic rings. The van der Waals surface area contributed by atoms with Gasteiger partial charge in [0.15, 0.2) is 0 Å². The van der Waals surface area contributed by atoms with Gasteiger partial charge in [-0.1, -0.05) is 0 Å². The topological polar surface area (TPSA) is 56.7 Å². The van der Waals surface area contributed by atoms with Crippen molar-refractivity contribution in [3.8, 4) is 0 Å². The Morgan fingerprint density at radius 3 is 2.84 bits per heavy atom. The smallest absolute Gasteiger partial charge is 0.304 e. The van der Waals surface area contributed by atoms with Gasteiger partial charge in [-0.3, -0.25) is 14.7 Å². The maximum Gasteiger partial charge on any atom is 0.304 e. The summed E-state index contributed by atoms with van der Waals surface area (Å²) < 4.78 is 0. The number of carbonyl (C=O) groups is 1. The van der Waals surface area contributed by atoms with E-state index in [0.29, 0.717) is 0 Å². The van der Waals surface area contributed by atoms with Crippen molar-refractivity contribution < 1.29 is 9.90 Å². The fourth-order valence-electron chi connectivity index (χ4n) is 2.57. The predicted molar refractivity (Wildman–Crippen MR) is 72.8 cm³/mol. The predicted octanol–water partition coefficient (Wildman–Crippen LogP) is 1.06. The Morgan fingerprint density at radius 1 is 1.42 bits per heavy atom. The van der Waals surface area contributed by atoms with Crippen LogP contribution in [0.3, 0.4) is 0 Å². The first-order chi connectivity index (χ1) is 9.15. The van der Waals surface area contributed by atoms with Gasteiger partial charge in [0.1, 0.15) is 0 Å². The minimum atomic E-state index is -0.720. The first-order valence-corrected chi connectivity index (χ1v) is 6.68. The second-order valence-corrected chi connectivity index (χ2v) is 5.18. The summed E-state index contributed by atoms with van der Waals surface area (Å²) >= 11 is 0. The van der Waals surface area contributed by atoms with Gasteiger partial charge in [0.05, 0.1) is 6.42 Å². The van der Waals surface area contributed by atoms with Crippen molar-refractivity contribution in [2.75, 3.05) is 26.7 Å². The Morgan fingerprint density at radius 2 is 2.16 bits per heavy atom. The first-order valence-electron chi connectivity index (χ1n) is 6.68. The molecule has 1 atom stereocenters. The van der Waals surface area contributed by atoms with Crippen LogP contribution in [-0.4, -0.2) is 58.6 Å². The highest BCUT2D eigenvalue weighted by Gasteiger charge is 2.24. The van der Waals surface area contributed by atoms with E-state index in [0.717, 1.165) is 32.6 Å². The Bertz CT molecular complexity index is 410. The van der Waals surface area contributed by atoms with Gasteiger partial charge in [0.25, 0.3) is 0 Å². The average Bonchev–Trinajstić information content (AvgIpc) is 2.53. The molecule has 0 bridgehead atoms. The Labute approximate surface area is 113 Å². The molecule has 1 unspecified atom stereocenters. The van der Waals surface area contributed by atoms with Crippen LogP contribution in [0.2, 0.25) is 0 Å². The molecular weight excluding hydrogens is 242 g/mol. The van der Waals surface area contributed by atoms with E-state index in [2.05, 4.69) is 14.8 Å². The Kier molecular flexibility index (Phi) is 4.87. The number of hydrogen-bond donors (Lipinski definition) is 1. The van der Waals surface area contributed by atoms with Gasteiger partial charge in [-0.15, -0.1) is 0 Å². The molecule has 1 aliphatic heterocycles. The monoisotopic (exact) mass is 263 g/mol. The number of aromatic nitrogens is 1. The van der Waals surface area contributed by atoms with Crippen LogP contribution in [0.1, 0.15) is 18.4 Å². The maximum absolute atomic E-state index is 10.9. The fourth-order valence-corrected chi connectivity index (χ4v) is 2.57. The number of carboxylic acid groups (broad SMARTS) is 1. The first kappa shape index (κ1) is 14.0. The molecule has 1 aromatic rings. The Hall–Kier alpha value is -1.46. The molecule has 1 fully saturated rings. The number of aliphatic carboxylic acids is 1. The molecule has 0 saturated carbocycles. The van der Waals surface area contributed by atoms with E-state index in [9.17, 15) is 4.79 Å². The van der Waals surface area contributed by atoms with Gasteiger partial charge >= 0.3 is 5.97 Å². The number of pyridine rings is 1. The molecule has 0 amide bonds. The second-order valence-electron chi connectivity index (χ2n) is 5.18. The molecule has 2 heterocycles. The van der Waals surface area contributed by atoms with Crippen LogP contribution in [0.25, 0.3) is 0 Å². The van der Waals surface area contributed by atoms with E-state index in [1.165, 1.54) is 5.56 Å². The largest absolute Gasteiger partial charge is 0.481 e. The lowest BCUT2D eigenvalue weighted by molar-refractivity contribution is -0.138. The van der Waals surface area contributed by atoms with Gasteiger partial charge in [-0.05, 0) is 44.3 Å². The van der Waals surface area contributed by atoms with Gasteiger partial charge in [0.2, 0.25) is 0 Å². The lowest BCUT2D eigenvalue weighted by Gasteiger charge is -2.27. The molecule has 0 spiro atoms. The van der Waals surface area contributed by atoms with Crippen molar-refractivity contribution in [1.82, 2.24) is 14.8 Å². The van der Waals surface area contributed by atoms with Crippen molar-refractivity contribution >= 4 is 5.97 Å². The third-order valence-corrected chi connectivity index (χ3v) is 3.64. The summed E-state index contributed by atoms with van der Waals surface area (Å²) in [5.74, 6) is -0.720. The molecular formula is C14H21N3O2. The molecule has 2 rings (SSSR count). The molecule has 5 heteroatoms. The molecule has 0 radical (unpaired) electrons. The minimum Gasteiger partial charge on any atom is -0.481 e. The van der Waals surface area contributed by atoms with Crippen LogP contribution in [0.5, 0.6) is 0 Å². The summed E-state index contributed by atoms with van der Waals surface area (Å²) in [6.45, 7) is 3.66. The van der Waals surface area contributed by atoms with Crippen LogP contribution in [0.15, 0.2) is 24.5 Å². The van der Waals surface area contributed by atoms with Crippen LogP contribution >= 0.6 is 0 Å². The van der Waals surface area contributed by atoms with E-state index in [1.54, 1.807) is 12.4 Å². The van der Waals surface area contributed by atoms with Gasteiger partial charge < -0.3 is 10.0 Å². The second kappa shape index (κ2) is 6.63. The van der Waals surface area contributed by atoms with Gasteiger partial charge in [0, 0.05) is 31.5 Å². The molecule has 1 N–H and O–H groups in total. The van der Waals surface area contributed by atoms with E-state index in [1.807, 2.05) is 19.2 Å². The van der Waals surface area contributed by atoms with Crippen molar-refractivity contribution in [2.45, 2.75) is 25.4 Å². The molecule has 1 aromatic heterocycles. The normalized spacial score (nSPS) is 22.1. The van der Waals surface area contributed by atoms with Gasteiger partial charge in [-0.2, -0.15) is 0 Å². The summed E-state index contributed by atoms with van der Waals surface area (Å²) in [7, 11) is 2.02. The SMILES string of the molecule is CN1CCCN(Cc2ccncc2)CC1CC(=O)O. The van der Waals surface area contributed by atoms with E-state index >= 15 is 0 Å². The number of carboxylic acids is 1. The van der Waals surface area contributed by atoms with Crippen molar-refractivity contribution in [3.63, 3.8) is 0 Å². The number of nitrogens with zero attached hydrogens (tertiary/aromatic N) is 3. The van der Waals surface area contributed by atoms with Crippen molar-refractivity contribution in [2.24, 2.45) is 0 Å². The van der Waals surface area contributed by atoms with Crippen LogP contribution in [0.4, 0.5) is 0 Å². The highest BCUT2D eigenvalue weighted by Crippen LogP contribution is 2.14. The molecule has 0 aliphatic carbocycles. The Balaban J connectivity index is 1.98. The summed E-state index contributed by atoms with van der Waals surface area (Å²) in [5.41, 5.74) is 1.23. The van der Waals surface area contributed by atoms with E-state index in [-0.39, 0.29) is 12.5 Å². The van der Waals surface area contributed by atoms with E-state index in [4.69, 9.17) is 5.11 Å². The third-order valence-electron chi connectivity index (χ3n) is 3.64. The highest BCUT2D eigenvalue weighted by atomic mass is 16.4. The lowest BCUT2D eigenvalue weighted by Crippen LogP contribution is -2.40. The summed E-state index contributed by atoms with van der Waals surface area (Å²) in [6, 6.07) is 4.13. The molecule has 0 aromatic carbocycles. The quantitative estimate of drug-likeness (QED) is 0.880. The van der Waals surface area contributed by atoms with Crippen LogP contribution in [-0.2, 0) is 11.3 Å². The molecule has 5 nitrogen and oxygen atoms in total. The maximum atomic E-state index is 10.9. The summed E-state index contributed by atoms with van der Waals surface area (Å²) in [6.07, 6.45) is 4.89. The summed E-state index contributed by atoms with van der Waals surface area (Å²) in [5, 5.41) is 9.00. The van der Waals surface area contributed by atoms with E-state index < -0.39 is 5.97 Å². The molecule has 19 heavy (non-hydrogen) atoms. The third kappa shape index (κ3) is 4.29. The lowest BCUT2D eigenvalue weighted by atomic mass is 10.1.